The first-order valence-corrected chi connectivity index (χ1v) is 5.50. The van der Waals surface area contributed by atoms with E-state index >= 15 is 0 Å². The molecule has 4 heteroatoms. The van der Waals surface area contributed by atoms with Gasteiger partial charge in [0.1, 0.15) is 0 Å². The molecule has 1 aromatic carbocycles. The van der Waals surface area contributed by atoms with Crippen LogP contribution in [0.15, 0.2) is 42.7 Å². The molecule has 1 aromatic heterocycles. The highest BCUT2D eigenvalue weighted by atomic mass is 35.5. The first-order chi connectivity index (χ1) is 8.29. The highest BCUT2D eigenvalue weighted by Gasteiger charge is 2.01. The van der Waals surface area contributed by atoms with Gasteiger partial charge in [0, 0.05) is 18.9 Å². The van der Waals surface area contributed by atoms with Crippen LogP contribution in [-0.2, 0) is 6.54 Å². The molecular formula is C13H10ClN3. The number of aromatic nitrogens is 1. The molecule has 0 unspecified atom stereocenters. The Labute approximate surface area is 105 Å². The van der Waals surface area contributed by atoms with Crippen LogP contribution >= 0.6 is 11.6 Å². The van der Waals surface area contributed by atoms with Gasteiger partial charge in [-0.05, 0) is 29.8 Å². The van der Waals surface area contributed by atoms with E-state index in [4.69, 9.17) is 16.9 Å². The van der Waals surface area contributed by atoms with Crippen LogP contribution < -0.4 is 5.32 Å². The number of rotatable bonds is 3. The van der Waals surface area contributed by atoms with Crippen molar-refractivity contribution in [3.8, 4) is 6.07 Å². The maximum atomic E-state index is 8.81. The van der Waals surface area contributed by atoms with Crippen molar-refractivity contribution in [2.45, 2.75) is 6.54 Å². The third-order valence-electron chi connectivity index (χ3n) is 2.30. The Bertz CT molecular complexity index is 546. The smallest absolute Gasteiger partial charge is 0.0992 e. The van der Waals surface area contributed by atoms with Gasteiger partial charge in [-0.3, -0.25) is 4.98 Å². The Morgan fingerprint density at radius 1 is 1.35 bits per heavy atom. The molecular weight excluding hydrogens is 234 g/mol. The molecule has 2 aromatic rings. The van der Waals surface area contributed by atoms with Crippen molar-refractivity contribution in [1.82, 2.24) is 4.98 Å². The minimum Gasteiger partial charge on any atom is -0.380 e. The van der Waals surface area contributed by atoms with Gasteiger partial charge in [0.05, 0.1) is 22.3 Å². The van der Waals surface area contributed by atoms with E-state index in [1.807, 2.05) is 12.1 Å². The lowest BCUT2D eigenvalue weighted by molar-refractivity contribution is 1.11. The van der Waals surface area contributed by atoms with E-state index in [0.29, 0.717) is 17.1 Å². The molecule has 0 atom stereocenters. The fraction of sp³-hybridized carbons (Fsp3) is 0.0769. The summed E-state index contributed by atoms with van der Waals surface area (Å²) in [5.74, 6) is 0. The van der Waals surface area contributed by atoms with Crippen LogP contribution in [0.4, 0.5) is 5.69 Å². The summed E-state index contributed by atoms with van der Waals surface area (Å²) in [5, 5.41) is 12.6. The molecule has 0 fully saturated rings. The predicted molar refractivity (Wildman–Crippen MR) is 67.7 cm³/mol. The van der Waals surface area contributed by atoms with Crippen molar-refractivity contribution in [3.63, 3.8) is 0 Å². The Morgan fingerprint density at radius 3 is 2.94 bits per heavy atom. The number of benzene rings is 1. The summed E-state index contributed by atoms with van der Waals surface area (Å²) in [6.45, 7) is 0.627. The average Bonchev–Trinajstić information content (AvgIpc) is 2.39. The van der Waals surface area contributed by atoms with Crippen molar-refractivity contribution in [2.75, 3.05) is 5.32 Å². The molecule has 0 saturated heterocycles. The van der Waals surface area contributed by atoms with E-state index in [-0.39, 0.29) is 0 Å². The summed E-state index contributed by atoms with van der Waals surface area (Å²) < 4.78 is 0. The molecule has 1 N–H and O–H groups in total. The molecule has 0 saturated carbocycles. The van der Waals surface area contributed by atoms with E-state index in [1.54, 1.807) is 30.6 Å². The highest BCUT2D eigenvalue weighted by molar-refractivity contribution is 6.33. The van der Waals surface area contributed by atoms with Crippen LogP contribution in [0.25, 0.3) is 0 Å². The van der Waals surface area contributed by atoms with Crippen LogP contribution in [0.1, 0.15) is 11.1 Å². The van der Waals surface area contributed by atoms with Gasteiger partial charge in [-0.2, -0.15) is 5.26 Å². The number of nitriles is 1. The third-order valence-corrected chi connectivity index (χ3v) is 2.63. The van der Waals surface area contributed by atoms with Gasteiger partial charge in [0.15, 0.2) is 0 Å². The first-order valence-electron chi connectivity index (χ1n) is 5.12. The average molecular weight is 244 g/mol. The number of nitrogens with zero attached hydrogens (tertiary/aromatic N) is 2. The Kier molecular flexibility index (Phi) is 3.59. The third kappa shape index (κ3) is 2.96. The summed E-state index contributed by atoms with van der Waals surface area (Å²) in [6, 6.07) is 11.1. The second-order valence-corrected chi connectivity index (χ2v) is 3.93. The second-order valence-electron chi connectivity index (χ2n) is 3.52. The molecule has 0 amide bonds. The van der Waals surface area contributed by atoms with E-state index in [2.05, 4.69) is 16.4 Å². The zero-order chi connectivity index (χ0) is 12.1. The van der Waals surface area contributed by atoms with Crippen LogP contribution in [0.5, 0.6) is 0 Å². The van der Waals surface area contributed by atoms with E-state index in [1.165, 1.54) is 0 Å². The summed E-state index contributed by atoms with van der Waals surface area (Å²) >= 11 is 6.03. The number of nitrogens with one attached hydrogen (secondary N) is 1. The van der Waals surface area contributed by atoms with Gasteiger partial charge >= 0.3 is 0 Å². The maximum Gasteiger partial charge on any atom is 0.0992 e. The zero-order valence-electron chi connectivity index (χ0n) is 9.02. The van der Waals surface area contributed by atoms with Gasteiger partial charge in [-0.1, -0.05) is 17.7 Å². The minimum absolute atomic E-state index is 0.586. The minimum atomic E-state index is 0.586. The number of pyridine rings is 1. The summed E-state index contributed by atoms with van der Waals surface area (Å²) in [5.41, 5.74) is 2.41. The Hall–Kier alpha value is -2.05. The van der Waals surface area contributed by atoms with Gasteiger partial charge in [-0.25, -0.2) is 0 Å². The van der Waals surface area contributed by atoms with Gasteiger partial charge in [0.2, 0.25) is 0 Å². The summed E-state index contributed by atoms with van der Waals surface area (Å²) in [4.78, 5) is 4.03. The molecule has 3 nitrogen and oxygen atoms in total. The lowest BCUT2D eigenvalue weighted by atomic mass is 10.2. The molecule has 0 aliphatic carbocycles. The standard InChI is InChI=1S/C13H10ClN3/c14-12-4-3-10(7-15)6-13(12)17-9-11-2-1-5-16-8-11/h1-6,8,17H,9H2. The predicted octanol–water partition coefficient (Wildman–Crippen LogP) is 3.22. The van der Waals surface area contributed by atoms with Gasteiger partial charge in [-0.15, -0.1) is 0 Å². The van der Waals surface area contributed by atoms with Crippen molar-refractivity contribution in [2.24, 2.45) is 0 Å². The topological polar surface area (TPSA) is 48.7 Å². The van der Waals surface area contributed by atoms with Crippen LogP contribution in [0, 0.1) is 11.3 Å². The fourth-order valence-corrected chi connectivity index (χ4v) is 1.61. The largest absolute Gasteiger partial charge is 0.380 e. The quantitative estimate of drug-likeness (QED) is 0.901. The Balaban J connectivity index is 2.12. The van der Waals surface area contributed by atoms with E-state index in [9.17, 15) is 0 Å². The van der Waals surface area contributed by atoms with Crippen LogP contribution in [-0.4, -0.2) is 4.98 Å². The SMILES string of the molecule is N#Cc1ccc(Cl)c(NCc2cccnc2)c1. The molecule has 84 valence electrons. The molecule has 0 aliphatic rings. The molecule has 0 aliphatic heterocycles. The van der Waals surface area contributed by atoms with E-state index in [0.717, 1.165) is 11.3 Å². The number of hydrogen-bond donors (Lipinski definition) is 1. The van der Waals surface area contributed by atoms with Gasteiger partial charge in [0.25, 0.3) is 0 Å². The van der Waals surface area contributed by atoms with Crippen LogP contribution in [0.3, 0.4) is 0 Å². The second kappa shape index (κ2) is 5.33. The number of anilines is 1. The molecule has 0 radical (unpaired) electrons. The first kappa shape index (κ1) is 11.4. The molecule has 2 rings (SSSR count). The summed E-state index contributed by atoms with van der Waals surface area (Å²) in [7, 11) is 0. The van der Waals surface area contributed by atoms with Crippen molar-refractivity contribution in [3.05, 3.63) is 58.9 Å². The highest BCUT2D eigenvalue weighted by Crippen LogP contribution is 2.23. The van der Waals surface area contributed by atoms with E-state index < -0.39 is 0 Å². The monoisotopic (exact) mass is 243 g/mol. The van der Waals surface area contributed by atoms with Crippen molar-refractivity contribution in [1.29, 1.82) is 5.26 Å². The van der Waals surface area contributed by atoms with Crippen molar-refractivity contribution < 1.29 is 0 Å². The molecule has 17 heavy (non-hydrogen) atoms. The molecule has 0 spiro atoms. The normalized spacial score (nSPS) is 9.65. The van der Waals surface area contributed by atoms with Crippen molar-refractivity contribution >= 4 is 17.3 Å². The molecule has 0 bridgehead atoms. The zero-order valence-corrected chi connectivity index (χ0v) is 9.78. The summed E-state index contributed by atoms with van der Waals surface area (Å²) in [6.07, 6.45) is 3.52. The number of hydrogen-bond acceptors (Lipinski definition) is 3. The fourth-order valence-electron chi connectivity index (χ4n) is 1.43. The maximum absolute atomic E-state index is 8.81. The van der Waals surface area contributed by atoms with Crippen LogP contribution in [0.2, 0.25) is 5.02 Å². The van der Waals surface area contributed by atoms with Gasteiger partial charge < -0.3 is 5.32 Å². The number of halogens is 1. The lowest BCUT2D eigenvalue weighted by Gasteiger charge is -2.08. The lowest BCUT2D eigenvalue weighted by Crippen LogP contribution is -2.00. The molecule has 1 heterocycles. The Morgan fingerprint density at radius 2 is 2.24 bits per heavy atom.